The molecule has 17 heavy (non-hydrogen) atoms. The summed E-state index contributed by atoms with van der Waals surface area (Å²) in [6, 6.07) is 0. The second-order valence-corrected chi connectivity index (χ2v) is 5.85. The zero-order chi connectivity index (χ0) is 13.5. The summed E-state index contributed by atoms with van der Waals surface area (Å²) in [5, 5.41) is 6.03. The molecule has 0 aromatic carbocycles. The molecule has 0 aromatic rings. The molecule has 1 amide bonds. The van der Waals surface area contributed by atoms with E-state index in [2.05, 4.69) is 31.4 Å². The number of carbonyl (C=O) groups is 1. The smallest absolute Gasteiger partial charge is 0.407 e. The molecule has 2 N–H and O–H groups in total. The highest BCUT2D eigenvalue weighted by molar-refractivity contribution is 5.67. The Labute approximate surface area is 105 Å². The summed E-state index contributed by atoms with van der Waals surface area (Å²) in [6.45, 7) is 14.6. The van der Waals surface area contributed by atoms with Gasteiger partial charge in [0.05, 0.1) is 0 Å². The fraction of sp³-hybridized carbons (Fsp3) is 0.923. The molecule has 0 fully saturated rings. The predicted octanol–water partition coefficient (Wildman–Crippen LogP) is 2.39. The first-order valence-electron chi connectivity index (χ1n) is 6.40. The third kappa shape index (κ3) is 10.1. The van der Waals surface area contributed by atoms with Gasteiger partial charge in [-0.15, -0.1) is 0 Å². The summed E-state index contributed by atoms with van der Waals surface area (Å²) in [6.07, 6.45) is -0.351. The van der Waals surface area contributed by atoms with Crippen LogP contribution in [-0.4, -0.2) is 31.3 Å². The van der Waals surface area contributed by atoms with Crippen molar-refractivity contribution >= 4 is 6.09 Å². The molecule has 0 aliphatic carbocycles. The molecule has 0 radical (unpaired) electrons. The predicted molar refractivity (Wildman–Crippen MR) is 71.1 cm³/mol. The van der Waals surface area contributed by atoms with Gasteiger partial charge < -0.3 is 15.4 Å². The van der Waals surface area contributed by atoms with Crippen molar-refractivity contribution in [1.29, 1.82) is 0 Å². The van der Waals surface area contributed by atoms with Crippen LogP contribution < -0.4 is 10.6 Å². The molecule has 0 saturated heterocycles. The quantitative estimate of drug-likeness (QED) is 0.705. The van der Waals surface area contributed by atoms with Gasteiger partial charge in [-0.2, -0.15) is 0 Å². The molecule has 102 valence electrons. The van der Waals surface area contributed by atoms with E-state index in [4.69, 9.17) is 4.74 Å². The number of carbonyl (C=O) groups excluding carboxylic acids is 1. The Morgan fingerprint density at radius 1 is 1.18 bits per heavy atom. The highest BCUT2D eigenvalue weighted by Crippen LogP contribution is 2.07. The Morgan fingerprint density at radius 2 is 1.76 bits per heavy atom. The lowest BCUT2D eigenvalue weighted by Gasteiger charge is -2.20. The number of hydrogen-bond acceptors (Lipinski definition) is 3. The SMILES string of the molecule is CC(C)C(C)CNCCNC(=O)OC(C)(C)C. The number of ether oxygens (including phenoxy) is 1. The van der Waals surface area contributed by atoms with Crippen LogP contribution in [0.5, 0.6) is 0 Å². The van der Waals surface area contributed by atoms with E-state index < -0.39 is 5.60 Å². The summed E-state index contributed by atoms with van der Waals surface area (Å²) in [7, 11) is 0. The normalized spacial score (nSPS) is 13.6. The number of amides is 1. The summed E-state index contributed by atoms with van der Waals surface area (Å²) < 4.78 is 5.13. The monoisotopic (exact) mass is 244 g/mol. The topological polar surface area (TPSA) is 50.4 Å². The minimum Gasteiger partial charge on any atom is -0.444 e. The van der Waals surface area contributed by atoms with Crippen molar-refractivity contribution in [3.8, 4) is 0 Å². The molecule has 0 aliphatic rings. The Balaban J connectivity index is 3.49. The summed E-state index contributed by atoms with van der Waals surface area (Å²) in [5.41, 5.74) is -0.427. The number of alkyl carbamates (subject to hydrolysis) is 1. The van der Waals surface area contributed by atoms with Crippen LogP contribution in [0.3, 0.4) is 0 Å². The van der Waals surface area contributed by atoms with Crippen molar-refractivity contribution < 1.29 is 9.53 Å². The van der Waals surface area contributed by atoms with Crippen molar-refractivity contribution in [2.24, 2.45) is 11.8 Å². The molecule has 4 nitrogen and oxygen atoms in total. The van der Waals surface area contributed by atoms with Crippen LogP contribution in [0.25, 0.3) is 0 Å². The van der Waals surface area contributed by atoms with Crippen molar-refractivity contribution in [1.82, 2.24) is 10.6 Å². The van der Waals surface area contributed by atoms with E-state index in [0.717, 1.165) is 13.1 Å². The van der Waals surface area contributed by atoms with E-state index in [1.54, 1.807) is 0 Å². The zero-order valence-corrected chi connectivity index (χ0v) is 12.1. The van der Waals surface area contributed by atoms with Gasteiger partial charge in [-0.25, -0.2) is 4.79 Å². The maximum atomic E-state index is 11.3. The average Bonchev–Trinajstić information content (AvgIpc) is 2.13. The number of nitrogens with one attached hydrogen (secondary N) is 2. The van der Waals surface area contributed by atoms with Crippen molar-refractivity contribution in [3.05, 3.63) is 0 Å². The van der Waals surface area contributed by atoms with Gasteiger partial charge in [0.25, 0.3) is 0 Å². The summed E-state index contributed by atoms with van der Waals surface area (Å²) in [4.78, 5) is 11.3. The van der Waals surface area contributed by atoms with Crippen molar-refractivity contribution in [2.75, 3.05) is 19.6 Å². The molecule has 0 saturated carbocycles. The van der Waals surface area contributed by atoms with Crippen LogP contribution in [0.1, 0.15) is 41.5 Å². The van der Waals surface area contributed by atoms with Crippen molar-refractivity contribution in [2.45, 2.75) is 47.1 Å². The third-order valence-electron chi connectivity index (χ3n) is 2.57. The van der Waals surface area contributed by atoms with Gasteiger partial charge in [-0.3, -0.25) is 0 Å². The highest BCUT2D eigenvalue weighted by Gasteiger charge is 2.15. The number of hydrogen-bond donors (Lipinski definition) is 2. The van der Waals surface area contributed by atoms with Gasteiger partial charge >= 0.3 is 6.09 Å². The zero-order valence-electron chi connectivity index (χ0n) is 12.1. The highest BCUT2D eigenvalue weighted by atomic mass is 16.6. The van der Waals surface area contributed by atoms with E-state index in [1.165, 1.54) is 0 Å². The average molecular weight is 244 g/mol. The van der Waals surface area contributed by atoms with Crippen LogP contribution in [0.4, 0.5) is 4.79 Å². The molecule has 0 heterocycles. The Kier molecular flexibility index (Phi) is 7.19. The standard InChI is InChI=1S/C13H28N2O2/c1-10(2)11(3)9-14-7-8-15-12(16)17-13(4,5)6/h10-11,14H,7-9H2,1-6H3,(H,15,16). The molecular formula is C13H28N2O2. The lowest BCUT2D eigenvalue weighted by atomic mass is 9.98. The Hall–Kier alpha value is -0.770. The fourth-order valence-corrected chi connectivity index (χ4v) is 1.13. The maximum Gasteiger partial charge on any atom is 0.407 e. The molecule has 1 atom stereocenters. The summed E-state index contributed by atoms with van der Waals surface area (Å²) in [5.74, 6) is 1.33. The largest absolute Gasteiger partial charge is 0.444 e. The first kappa shape index (κ1) is 16.2. The minimum absolute atomic E-state index is 0.351. The van der Waals surface area contributed by atoms with E-state index >= 15 is 0 Å². The Morgan fingerprint density at radius 3 is 2.24 bits per heavy atom. The van der Waals surface area contributed by atoms with Crippen LogP contribution >= 0.6 is 0 Å². The fourth-order valence-electron chi connectivity index (χ4n) is 1.13. The van der Waals surface area contributed by atoms with E-state index in [0.29, 0.717) is 18.4 Å². The first-order valence-corrected chi connectivity index (χ1v) is 6.40. The Bertz CT molecular complexity index is 222. The van der Waals surface area contributed by atoms with Crippen LogP contribution in [0.15, 0.2) is 0 Å². The van der Waals surface area contributed by atoms with Gasteiger partial charge in [-0.05, 0) is 39.2 Å². The molecule has 0 bridgehead atoms. The van der Waals surface area contributed by atoms with Gasteiger partial charge in [0.15, 0.2) is 0 Å². The molecule has 0 spiro atoms. The minimum atomic E-state index is -0.427. The van der Waals surface area contributed by atoms with E-state index in [9.17, 15) is 4.79 Å². The van der Waals surface area contributed by atoms with Crippen LogP contribution in [-0.2, 0) is 4.74 Å². The molecule has 0 aliphatic heterocycles. The van der Waals surface area contributed by atoms with Crippen molar-refractivity contribution in [3.63, 3.8) is 0 Å². The van der Waals surface area contributed by atoms with Crippen LogP contribution in [0, 0.1) is 11.8 Å². The third-order valence-corrected chi connectivity index (χ3v) is 2.57. The molecule has 4 heteroatoms. The van der Waals surface area contributed by atoms with E-state index in [1.807, 2.05) is 20.8 Å². The second kappa shape index (κ2) is 7.54. The maximum absolute atomic E-state index is 11.3. The van der Waals surface area contributed by atoms with Gasteiger partial charge in [-0.1, -0.05) is 20.8 Å². The van der Waals surface area contributed by atoms with Gasteiger partial charge in [0.1, 0.15) is 5.60 Å². The van der Waals surface area contributed by atoms with Gasteiger partial charge in [0.2, 0.25) is 0 Å². The first-order chi connectivity index (χ1) is 7.72. The number of rotatable bonds is 6. The molecular weight excluding hydrogens is 216 g/mol. The van der Waals surface area contributed by atoms with E-state index in [-0.39, 0.29) is 6.09 Å². The van der Waals surface area contributed by atoms with Crippen LogP contribution in [0.2, 0.25) is 0 Å². The molecule has 0 rings (SSSR count). The molecule has 0 aromatic heterocycles. The summed E-state index contributed by atoms with van der Waals surface area (Å²) >= 11 is 0. The molecule has 1 unspecified atom stereocenters. The lowest BCUT2D eigenvalue weighted by Crippen LogP contribution is -2.37. The lowest BCUT2D eigenvalue weighted by molar-refractivity contribution is 0.0528. The second-order valence-electron chi connectivity index (χ2n) is 5.85. The van der Waals surface area contributed by atoms with Gasteiger partial charge in [0, 0.05) is 13.1 Å².